The molecule has 1 N–H and O–H groups in total. The number of ketones is 1. The molecule has 0 aromatic heterocycles. The lowest BCUT2D eigenvalue weighted by Gasteiger charge is -2.08. The van der Waals surface area contributed by atoms with Gasteiger partial charge in [0.15, 0.2) is 5.78 Å². The Kier molecular flexibility index (Phi) is 3.07. The number of para-hydroxylation sites is 1. The van der Waals surface area contributed by atoms with Crippen molar-refractivity contribution in [3.05, 3.63) is 29.8 Å². The fourth-order valence-electron chi connectivity index (χ4n) is 1.13. The van der Waals surface area contributed by atoms with Gasteiger partial charge in [0.25, 0.3) is 0 Å². The van der Waals surface area contributed by atoms with Gasteiger partial charge in [0.1, 0.15) is 5.75 Å². The Morgan fingerprint density at radius 1 is 1.46 bits per heavy atom. The van der Waals surface area contributed by atoms with E-state index in [4.69, 9.17) is 0 Å². The smallest absolute Gasteiger partial charge is 0.169 e. The number of hydrogen-bond acceptors (Lipinski definition) is 2. The predicted molar refractivity (Wildman–Crippen MR) is 51.9 cm³/mol. The van der Waals surface area contributed by atoms with Crippen molar-refractivity contribution in [2.24, 2.45) is 5.92 Å². The summed E-state index contributed by atoms with van der Waals surface area (Å²) in [4.78, 5) is 11.6. The van der Waals surface area contributed by atoms with Gasteiger partial charge in [-0.25, -0.2) is 0 Å². The fraction of sp³-hybridized carbons (Fsp3) is 0.364. The highest BCUT2D eigenvalue weighted by molar-refractivity contribution is 5.99. The number of carbonyl (C=O) groups excluding carboxylic acids is 1. The first kappa shape index (κ1) is 9.78. The van der Waals surface area contributed by atoms with Crippen LogP contribution in [0.4, 0.5) is 0 Å². The molecule has 13 heavy (non-hydrogen) atoms. The van der Waals surface area contributed by atoms with Crippen LogP contribution in [0.5, 0.6) is 5.75 Å². The molecular weight excluding hydrogens is 164 g/mol. The van der Waals surface area contributed by atoms with E-state index in [9.17, 15) is 9.90 Å². The van der Waals surface area contributed by atoms with Gasteiger partial charge in [-0.1, -0.05) is 26.0 Å². The van der Waals surface area contributed by atoms with Crippen LogP contribution in [0.15, 0.2) is 24.3 Å². The number of Topliss-reactive ketones (excluding diaryl/α,β-unsaturated/α-hetero) is 1. The summed E-state index contributed by atoms with van der Waals surface area (Å²) >= 11 is 0. The summed E-state index contributed by atoms with van der Waals surface area (Å²) < 4.78 is 0. The first-order valence-electron chi connectivity index (χ1n) is 4.49. The van der Waals surface area contributed by atoms with E-state index in [1.165, 1.54) is 6.07 Å². The number of phenols is 1. The Morgan fingerprint density at radius 3 is 2.62 bits per heavy atom. The van der Waals surface area contributed by atoms with Crippen LogP contribution in [0.1, 0.15) is 30.6 Å². The molecule has 1 atom stereocenters. The lowest BCUT2D eigenvalue weighted by Crippen LogP contribution is -2.10. The molecule has 0 aliphatic rings. The van der Waals surface area contributed by atoms with Gasteiger partial charge in [0.05, 0.1) is 5.56 Å². The van der Waals surface area contributed by atoms with Crippen molar-refractivity contribution in [1.82, 2.24) is 0 Å². The summed E-state index contributed by atoms with van der Waals surface area (Å²) in [7, 11) is 0. The Bertz CT molecular complexity index is 305. The molecule has 0 radical (unpaired) electrons. The zero-order valence-corrected chi connectivity index (χ0v) is 7.95. The summed E-state index contributed by atoms with van der Waals surface area (Å²) in [5.74, 6) is 0.0710. The molecule has 0 fully saturated rings. The second-order valence-electron chi connectivity index (χ2n) is 3.19. The molecular formula is C11H14O2. The maximum Gasteiger partial charge on any atom is 0.169 e. The zero-order chi connectivity index (χ0) is 9.84. The minimum atomic E-state index is -0.0201. The Labute approximate surface area is 78.2 Å². The molecule has 0 saturated carbocycles. The minimum Gasteiger partial charge on any atom is -0.507 e. The second kappa shape index (κ2) is 4.08. The highest BCUT2D eigenvalue weighted by Crippen LogP contribution is 2.20. The molecule has 0 aliphatic carbocycles. The van der Waals surface area contributed by atoms with Gasteiger partial charge in [-0.3, -0.25) is 4.79 Å². The molecule has 0 spiro atoms. The van der Waals surface area contributed by atoms with Crippen LogP contribution in [-0.2, 0) is 0 Å². The maximum absolute atomic E-state index is 11.6. The molecule has 1 rings (SSSR count). The van der Waals surface area contributed by atoms with E-state index in [-0.39, 0.29) is 17.5 Å². The second-order valence-corrected chi connectivity index (χ2v) is 3.19. The number of hydrogen-bond donors (Lipinski definition) is 1. The Hall–Kier alpha value is -1.31. The van der Waals surface area contributed by atoms with E-state index in [1.807, 2.05) is 13.8 Å². The van der Waals surface area contributed by atoms with Crippen molar-refractivity contribution in [3.8, 4) is 5.75 Å². The molecule has 0 saturated heterocycles. The lowest BCUT2D eigenvalue weighted by atomic mass is 9.97. The molecule has 0 amide bonds. The Balaban J connectivity index is 2.95. The van der Waals surface area contributed by atoms with E-state index >= 15 is 0 Å². The van der Waals surface area contributed by atoms with Gasteiger partial charge in [-0.05, 0) is 18.6 Å². The summed E-state index contributed by atoms with van der Waals surface area (Å²) in [5.41, 5.74) is 0.428. The molecule has 2 heteroatoms. The molecule has 0 bridgehead atoms. The van der Waals surface area contributed by atoms with Crippen LogP contribution in [0.3, 0.4) is 0 Å². The monoisotopic (exact) mass is 178 g/mol. The van der Waals surface area contributed by atoms with Gasteiger partial charge < -0.3 is 5.11 Å². The third kappa shape index (κ3) is 2.08. The van der Waals surface area contributed by atoms with E-state index in [0.29, 0.717) is 5.56 Å². The summed E-state index contributed by atoms with van der Waals surface area (Å²) in [5, 5.41) is 9.40. The summed E-state index contributed by atoms with van der Waals surface area (Å²) in [6.45, 7) is 3.83. The molecule has 1 aromatic rings. The maximum atomic E-state index is 11.6. The number of aromatic hydroxyl groups is 1. The van der Waals surface area contributed by atoms with E-state index in [0.717, 1.165) is 6.42 Å². The minimum absolute atomic E-state index is 0.0144. The van der Waals surface area contributed by atoms with Crippen LogP contribution < -0.4 is 0 Å². The number of phenolic OH excluding ortho intramolecular Hbond substituents is 1. The van der Waals surface area contributed by atoms with Crippen molar-refractivity contribution in [2.75, 3.05) is 0 Å². The van der Waals surface area contributed by atoms with E-state index < -0.39 is 0 Å². The van der Waals surface area contributed by atoms with Gasteiger partial charge >= 0.3 is 0 Å². The zero-order valence-electron chi connectivity index (χ0n) is 7.95. The van der Waals surface area contributed by atoms with Gasteiger partial charge in [0, 0.05) is 5.92 Å². The van der Waals surface area contributed by atoms with Crippen LogP contribution in [0.2, 0.25) is 0 Å². The molecule has 0 heterocycles. The summed E-state index contributed by atoms with van der Waals surface area (Å²) in [6.07, 6.45) is 0.799. The van der Waals surface area contributed by atoms with Crippen molar-refractivity contribution < 1.29 is 9.90 Å². The molecule has 2 nitrogen and oxygen atoms in total. The van der Waals surface area contributed by atoms with Crippen LogP contribution in [0, 0.1) is 5.92 Å². The first-order chi connectivity index (χ1) is 6.16. The highest BCUT2D eigenvalue weighted by Gasteiger charge is 2.15. The van der Waals surface area contributed by atoms with Crippen molar-refractivity contribution >= 4 is 5.78 Å². The lowest BCUT2D eigenvalue weighted by molar-refractivity contribution is 0.0924. The number of benzene rings is 1. The van der Waals surface area contributed by atoms with Crippen LogP contribution in [-0.4, -0.2) is 10.9 Å². The topological polar surface area (TPSA) is 37.3 Å². The number of rotatable bonds is 3. The summed E-state index contributed by atoms with van der Waals surface area (Å²) in [6, 6.07) is 6.66. The van der Waals surface area contributed by atoms with Gasteiger partial charge in [-0.2, -0.15) is 0 Å². The van der Waals surface area contributed by atoms with Gasteiger partial charge in [-0.15, -0.1) is 0 Å². The number of carbonyl (C=O) groups is 1. The normalized spacial score (nSPS) is 12.5. The van der Waals surface area contributed by atoms with Crippen molar-refractivity contribution in [2.45, 2.75) is 20.3 Å². The van der Waals surface area contributed by atoms with Crippen molar-refractivity contribution in [1.29, 1.82) is 0 Å². The van der Waals surface area contributed by atoms with E-state index in [1.54, 1.807) is 18.2 Å². The van der Waals surface area contributed by atoms with Gasteiger partial charge in [0.2, 0.25) is 0 Å². The molecule has 1 aromatic carbocycles. The SMILES string of the molecule is CC[C@H](C)C(=O)c1ccccc1O. The standard InChI is InChI=1S/C11H14O2/c1-3-8(2)11(13)9-6-4-5-7-10(9)12/h4-8,12H,3H2,1-2H3/t8-/m0/s1. The molecule has 70 valence electrons. The van der Waals surface area contributed by atoms with Crippen LogP contribution in [0.25, 0.3) is 0 Å². The van der Waals surface area contributed by atoms with E-state index in [2.05, 4.69) is 0 Å². The first-order valence-corrected chi connectivity index (χ1v) is 4.49. The average Bonchev–Trinajstić information content (AvgIpc) is 2.16. The molecule has 0 aliphatic heterocycles. The van der Waals surface area contributed by atoms with Crippen LogP contribution >= 0.6 is 0 Å². The highest BCUT2D eigenvalue weighted by atomic mass is 16.3. The average molecular weight is 178 g/mol. The quantitative estimate of drug-likeness (QED) is 0.722. The van der Waals surface area contributed by atoms with Crippen molar-refractivity contribution in [3.63, 3.8) is 0 Å². The predicted octanol–water partition coefficient (Wildman–Crippen LogP) is 2.62. The largest absolute Gasteiger partial charge is 0.507 e. The fourth-order valence-corrected chi connectivity index (χ4v) is 1.13. The Morgan fingerprint density at radius 2 is 2.08 bits per heavy atom. The molecule has 0 unspecified atom stereocenters. The third-order valence-electron chi connectivity index (χ3n) is 2.23. The third-order valence-corrected chi connectivity index (χ3v) is 2.23.